The minimum Gasteiger partial charge on any atom is -0.478 e. The topological polar surface area (TPSA) is 98.7 Å². The molecule has 1 atom stereocenters. The number of benzene rings is 1. The summed E-state index contributed by atoms with van der Waals surface area (Å²) in [5.74, 6) is -0.982. The van der Waals surface area contributed by atoms with Crippen LogP contribution in [0, 0.1) is 0 Å². The number of aliphatic hydroxyl groups excluding tert-OH is 1. The fraction of sp³-hybridized carbons (Fsp3) is 0.333. The van der Waals surface area contributed by atoms with E-state index in [0.29, 0.717) is 6.54 Å². The van der Waals surface area contributed by atoms with Crippen molar-refractivity contribution in [3.63, 3.8) is 0 Å². The number of amides is 2. The Balaban J connectivity index is 2.44. The van der Waals surface area contributed by atoms with Gasteiger partial charge in [-0.15, -0.1) is 0 Å². The molecule has 0 aliphatic carbocycles. The summed E-state index contributed by atoms with van der Waals surface area (Å²) in [5, 5.41) is 22.6. The van der Waals surface area contributed by atoms with Crippen molar-refractivity contribution >= 4 is 12.0 Å². The van der Waals surface area contributed by atoms with Crippen LogP contribution in [0.4, 0.5) is 4.79 Å². The lowest BCUT2D eigenvalue weighted by Gasteiger charge is -2.12. The van der Waals surface area contributed by atoms with E-state index in [-0.39, 0.29) is 24.2 Å². The maximum Gasteiger partial charge on any atom is 0.335 e. The number of hydrogen-bond acceptors (Lipinski definition) is 3. The normalized spacial score (nSPS) is 11.7. The van der Waals surface area contributed by atoms with E-state index in [1.807, 2.05) is 0 Å². The van der Waals surface area contributed by atoms with Crippen molar-refractivity contribution in [1.82, 2.24) is 10.6 Å². The summed E-state index contributed by atoms with van der Waals surface area (Å²) >= 11 is 0. The van der Waals surface area contributed by atoms with Gasteiger partial charge in [0.2, 0.25) is 0 Å². The number of rotatable bonds is 5. The molecule has 0 saturated heterocycles. The molecular weight excluding hydrogens is 236 g/mol. The zero-order valence-corrected chi connectivity index (χ0v) is 10.0. The van der Waals surface area contributed by atoms with Crippen LogP contribution in [0.25, 0.3) is 0 Å². The summed E-state index contributed by atoms with van der Waals surface area (Å²) in [5.41, 5.74) is 1.00. The first-order chi connectivity index (χ1) is 8.52. The van der Waals surface area contributed by atoms with Gasteiger partial charge in [0.1, 0.15) is 0 Å². The van der Waals surface area contributed by atoms with Crippen LogP contribution < -0.4 is 10.6 Å². The molecule has 18 heavy (non-hydrogen) atoms. The first kappa shape index (κ1) is 14.0. The molecule has 0 aliphatic rings. The van der Waals surface area contributed by atoms with Crippen molar-refractivity contribution in [2.24, 2.45) is 0 Å². The Hall–Kier alpha value is -2.08. The van der Waals surface area contributed by atoms with Gasteiger partial charge in [-0.25, -0.2) is 9.59 Å². The smallest absolute Gasteiger partial charge is 0.335 e. The van der Waals surface area contributed by atoms with Crippen LogP contribution in [0.5, 0.6) is 0 Å². The monoisotopic (exact) mass is 252 g/mol. The predicted molar refractivity (Wildman–Crippen MR) is 65.3 cm³/mol. The molecule has 1 aromatic carbocycles. The zero-order valence-electron chi connectivity index (χ0n) is 10.0. The van der Waals surface area contributed by atoms with Crippen molar-refractivity contribution in [2.45, 2.75) is 19.5 Å². The first-order valence-electron chi connectivity index (χ1n) is 5.50. The molecule has 0 heterocycles. The number of aliphatic hydroxyl groups is 1. The first-order valence-corrected chi connectivity index (χ1v) is 5.50. The lowest BCUT2D eigenvalue weighted by atomic mass is 10.1. The number of nitrogens with one attached hydrogen (secondary N) is 2. The molecule has 6 nitrogen and oxygen atoms in total. The second-order valence-electron chi connectivity index (χ2n) is 3.91. The average Bonchev–Trinajstić information content (AvgIpc) is 2.36. The fourth-order valence-corrected chi connectivity index (χ4v) is 1.27. The van der Waals surface area contributed by atoms with Gasteiger partial charge in [-0.2, -0.15) is 0 Å². The molecule has 0 aromatic heterocycles. The van der Waals surface area contributed by atoms with Crippen molar-refractivity contribution < 1.29 is 19.8 Å². The molecule has 6 heteroatoms. The van der Waals surface area contributed by atoms with E-state index >= 15 is 0 Å². The molecule has 1 aromatic rings. The quantitative estimate of drug-likeness (QED) is 0.615. The van der Waals surface area contributed by atoms with Crippen molar-refractivity contribution in [3.8, 4) is 0 Å². The van der Waals surface area contributed by atoms with Gasteiger partial charge in [0.15, 0.2) is 0 Å². The highest BCUT2D eigenvalue weighted by Gasteiger charge is 2.06. The van der Waals surface area contributed by atoms with Crippen LogP contribution in [-0.4, -0.2) is 34.9 Å². The minimum absolute atomic E-state index is 0.124. The van der Waals surface area contributed by atoms with Gasteiger partial charge >= 0.3 is 12.0 Å². The number of aromatic carboxylic acids is 1. The Bertz CT molecular complexity index is 417. The summed E-state index contributed by atoms with van der Waals surface area (Å²) in [6.45, 7) is 1.85. The number of carbonyl (C=O) groups is 2. The fourth-order valence-electron chi connectivity index (χ4n) is 1.27. The number of hydrogen-bond donors (Lipinski definition) is 4. The van der Waals surface area contributed by atoms with Gasteiger partial charge in [0, 0.05) is 6.54 Å². The Kier molecular flexibility index (Phi) is 5.13. The van der Waals surface area contributed by atoms with Crippen LogP contribution in [0.1, 0.15) is 22.8 Å². The van der Waals surface area contributed by atoms with Crippen molar-refractivity contribution in [3.05, 3.63) is 35.4 Å². The van der Waals surface area contributed by atoms with Gasteiger partial charge in [-0.3, -0.25) is 0 Å². The summed E-state index contributed by atoms with van der Waals surface area (Å²) in [7, 11) is 0. The van der Waals surface area contributed by atoms with Crippen molar-refractivity contribution in [2.75, 3.05) is 6.61 Å². The predicted octanol–water partition coefficient (Wildman–Crippen LogP) is 0.565. The third kappa shape index (κ3) is 4.42. The van der Waals surface area contributed by atoms with Crippen LogP contribution in [0.15, 0.2) is 24.3 Å². The third-order valence-corrected chi connectivity index (χ3v) is 2.31. The third-order valence-electron chi connectivity index (χ3n) is 2.31. The second-order valence-corrected chi connectivity index (χ2v) is 3.91. The molecule has 1 unspecified atom stereocenters. The molecule has 0 saturated carbocycles. The zero-order chi connectivity index (χ0) is 13.5. The summed E-state index contributed by atoms with van der Waals surface area (Å²) in [6.07, 6.45) is 0. The highest BCUT2D eigenvalue weighted by Crippen LogP contribution is 2.04. The average molecular weight is 252 g/mol. The van der Waals surface area contributed by atoms with E-state index in [1.54, 1.807) is 19.1 Å². The summed E-state index contributed by atoms with van der Waals surface area (Å²) in [4.78, 5) is 22.0. The van der Waals surface area contributed by atoms with Gasteiger partial charge in [0.25, 0.3) is 0 Å². The molecule has 0 aliphatic heterocycles. The molecule has 4 N–H and O–H groups in total. The molecule has 1 rings (SSSR count). The summed E-state index contributed by atoms with van der Waals surface area (Å²) in [6, 6.07) is 5.55. The molecule has 2 amide bonds. The van der Waals surface area contributed by atoms with Gasteiger partial charge in [-0.1, -0.05) is 12.1 Å². The number of carboxylic acids is 1. The molecule has 0 bridgehead atoms. The molecule has 0 spiro atoms. The van der Waals surface area contributed by atoms with Gasteiger partial charge < -0.3 is 20.8 Å². The maximum atomic E-state index is 11.3. The van der Waals surface area contributed by atoms with Gasteiger partial charge in [0.05, 0.1) is 18.2 Å². The standard InChI is InChI=1S/C12H16N2O4/c1-8(7-15)14-12(18)13-6-9-2-4-10(5-3-9)11(16)17/h2-5,8,15H,6-7H2,1H3,(H,16,17)(H2,13,14,18). The maximum absolute atomic E-state index is 11.3. The van der Waals surface area contributed by atoms with Crippen LogP contribution in [0.2, 0.25) is 0 Å². The van der Waals surface area contributed by atoms with Crippen LogP contribution >= 0.6 is 0 Å². The molecule has 0 fully saturated rings. The lowest BCUT2D eigenvalue weighted by molar-refractivity contribution is 0.0697. The van der Waals surface area contributed by atoms with E-state index in [0.717, 1.165) is 5.56 Å². The number of carboxylic acid groups (broad SMARTS) is 1. The number of urea groups is 1. The SMILES string of the molecule is CC(CO)NC(=O)NCc1ccc(C(=O)O)cc1. The van der Waals surface area contributed by atoms with E-state index in [1.165, 1.54) is 12.1 Å². The van der Waals surface area contributed by atoms with Crippen molar-refractivity contribution in [1.29, 1.82) is 0 Å². The van der Waals surface area contributed by atoms with Crippen LogP contribution in [-0.2, 0) is 6.54 Å². The van der Waals surface area contributed by atoms with E-state index in [2.05, 4.69) is 10.6 Å². The van der Waals surface area contributed by atoms with E-state index in [4.69, 9.17) is 10.2 Å². The van der Waals surface area contributed by atoms with Crippen LogP contribution in [0.3, 0.4) is 0 Å². The lowest BCUT2D eigenvalue weighted by Crippen LogP contribution is -2.41. The molecular formula is C12H16N2O4. The minimum atomic E-state index is -0.982. The molecule has 0 radical (unpaired) electrons. The Morgan fingerprint density at radius 3 is 2.39 bits per heavy atom. The Labute approximate surface area is 105 Å². The summed E-state index contributed by atoms with van der Waals surface area (Å²) < 4.78 is 0. The number of carbonyl (C=O) groups excluding carboxylic acids is 1. The Morgan fingerprint density at radius 2 is 1.89 bits per heavy atom. The largest absolute Gasteiger partial charge is 0.478 e. The van der Waals surface area contributed by atoms with E-state index < -0.39 is 5.97 Å². The Morgan fingerprint density at radius 1 is 1.28 bits per heavy atom. The molecule has 98 valence electrons. The highest BCUT2D eigenvalue weighted by molar-refractivity contribution is 5.87. The van der Waals surface area contributed by atoms with E-state index in [9.17, 15) is 9.59 Å². The highest BCUT2D eigenvalue weighted by atomic mass is 16.4. The second kappa shape index (κ2) is 6.61. The van der Waals surface area contributed by atoms with Gasteiger partial charge in [-0.05, 0) is 24.6 Å².